The first-order valence-corrected chi connectivity index (χ1v) is 8.26. The maximum absolute atomic E-state index is 12.9. The summed E-state index contributed by atoms with van der Waals surface area (Å²) >= 11 is 0. The third-order valence-electron chi connectivity index (χ3n) is 4.57. The molecule has 0 aliphatic carbocycles. The van der Waals surface area contributed by atoms with Crippen LogP contribution in [0.2, 0.25) is 0 Å². The van der Waals surface area contributed by atoms with Gasteiger partial charge >= 0.3 is 0 Å². The molecule has 3 rings (SSSR count). The maximum Gasteiger partial charge on any atom is 0.254 e. The molecule has 24 heavy (non-hydrogen) atoms. The molecule has 0 saturated carbocycles. The minimum atomic E-state index is -0.367. The van der Waals surface area contributed by atoms with Gasteiger partial charge in [-0.25, -0.2) is 0 Å². The third-order valence-corrected chi connectivity index (χ3v) is 4.57. The number of aryl methyl sites for hydroxylation is 1. The van der Waals surface area contributed by atoms with Crippen molar-refractivity contribution in [1.82, 2.24) is 14.4 Å². The second kappa shape index (κ2) is 6.75. The molecule has 1 aliphatic heterocycles. The van der Waals surface area contributed by atoms with Crippen LogP contribution in [0.3, 0.4) is 0 Å². The largest absolute Gasteiger partial charge is 0.392 e. The Hall–Kier alpha value is -2.18. The summed E-state index contributed by atoms with van der Waals surface area (Å²) in [5, 5.41) is 10.3. The van der Waals surface area contributed by atoms with Gasteiger partial charge in [0, 0.05) is 51.2 Å². The van der Waals surface area contributed by atoms with Crippen molar-refractivity contribution in [2.24, 2.45) is 7.05 Å². The minimum absolute atomic E-state index is 0.0967. The van der Waals surface area contributed by atoms with Crippen molar-refractivity contribution in [3.05, 3.63) is 46.2 Å². The molecule has 1 saturated heterocycles. The van der Waals surface area contributed by atoms with E-state index in [-0.39, 0.29) is 17.6 Å². The molecule has 1 fully saturated rings. The Morgan fingerprint density at radius 3 is 2.54 bits per heavy atom. The van der Waals surface area contributed by atoms with Crippen LogP contribution in [0, 0.1) is 0 Å². The topological polar surface area (TPSA) is 65.8 Å². The van der Waals surface area contributed by atoms with E-state index in [1.807, 2.05) is 24.3 Å². The van der Waals surface area contributed by atoms with Crippen LogP contribution in [0.1, 0.15) is 17.3 Å². The average molecular weight is 329 g/mol. The lowest BCUT2D eigenvalue weighted by Gasteiger charge is -2.35. The number of fused-ring (bicyclic) bond motifs is 1. The number of hydrogen-bond acceptors (Lipinski definition) is 4. The van der Waals surface area contributed by atoms with E-state index < -0.39 is 0 Å². The van der Waals surface area contributed by atoms with E-state index in [0.29, 0.717) is 25.2 Å². The number of rotatable bonds is 3. The number of β-amino-alcohol motifs (C(OH)–C–C–N with tert-alkyl or cyclic N) is 1. The van der Waals surface area contributed by atoms with Crippen LogP contribution in [0.25, 0.3) is 10.9 Å². The van der Waals surface area contributed by atoms with Gasteiger partial charge in [-0.05, 0) is 13.0 Å². The van der Waals surface area contributed by atoms with Gasteiger partial charge in [0.15, 0.2) is 0 Å². The molecule has 1 atom stereocenters. The van der Waals surface area contributed by atoms with E-state index in [0.717, 1.165) is 24.0 Å². The molecule has 1 amide bonds. The van der Waals surface area contributed by atoms with Gasteiger partial charge in [-0.15, -0.1) is 0 Å². The predicted octanol–water partition coefficient (Wildman–Crippen LogP) is 0.677. The summed E-state index contributed by atoms with van der Waals surface area (Å²) < 4.78 is 1.56. The van der Waals surface area contributed by atoms with Crippen molar-refractivity contribution < 1.29 is 9.90 Å². The van der Waals surface area contributed by atoms with E-state index in [4.69, 9.17) is 0 Å². The molecular formula is C18H23N3O3. The van der Waals surface area contributed by atoms with E-state index in [1.54, 1.807) is 23.4 Å². The molecule has 2 aromatic rings. The van der Waals surface area contributed by atoms with Crippen molar-refractivity contribution in [2.45, 2.75) is 13.0 Å². The molecule has 1 N–H and O–H groups in total. The van der Waals surface area contributed by atoms with Crippen LogP contribution in [0.5, 0.6) is 0 Å². The van der Waals surface area contributed by atoms with Crippen molar-refractivity contribution in [3.63, 3.8) is 0 Å². The predicted molar refractivity (Wildman–Crippen MR) is 93.2 cm³/mol. The van der Waals surface area contributed by atoms with E-state index in [2.05, 4.69) is 4.90 Å². The Morgan fingerprint density at radius 2 is 1.88 bits per heavy atom. The Bertz CT molecular complexity index is 805. The average Bonchev–Trinajstić information content (AvgIpc) is 2.58. The van der Waals surface area contributed by atoms with Crippen LogP contribution in [-0.2, 0) is 7.05 Å². The number of pyridine rings is 1. The van der Waals surface area contributed by atoms with Gasteiger partial charge in [0.2, 0.25) is 0 Å². The zero-order chi connectivity index (χ0) is 17.3. The van der Waals surface area contributed by atoms with E-state index >= 15 is 0 Å². The van der Waals surface area contributed by atoms with Crippen LogP contribution >= 0.6 is 0 Å². The molecule has 0 unspecified atom stereocenters. The summed E-state index contributed by atoms with van der Waals surface area (Å²) in [7, 11) is 1.72. The van der Waals surface area contributed by atoms with Crippen molar-refractivity contribution in [3.8, 4) is 0 Å². The normalized spacial score (nSPS) is 17.2. The molecule has 0 spiro atoms. The van der Waals surface area contributed by atoms with Crippen LogP contribution in [-0.4, -0.2) is 64.2 Å². The number of nitrogens with zero attached hydrogens (tertiary/aromatic N) is 3. The van der Waals surface area contributed by atoms with Gasteiger partial charge in [-0.1, -0.05) is 18.2 Å². The molecule has 1 aliphatic rings. The van der Waals surface area contributed by atoms with Gasteiger partial charge < -0.3 is 14.6 Å². The highest BCUT2D eigenvalue weighted by Gasteiger charge is 2.24. The summed E-state index contributed by atoms with van der Waals surface area (Å²) in [5.41, 5.74) is 1.06. The molecule has 6 nitrogen and oxygen atoms in total. The smallest absolute Gasteiger partial charge is 0.254 e. The Balaban J connectivity index is 1.85. The van der Waals surface area contributed by atoms with E-state index in [1.165, 1.54) is 6.07 Å². The summed E-state index contributed by atoms with van der Waals surface area (Å²) in [5.74, 6) is -0.0967. The molecular weight excluding hydrogens is 306 g/mol. The van der Waals surface area contributed by atoms with Crippen LogP contribution < -0.4 is 5.56 Å². The standard InChI is InChI=1S/C18H23N3O3/c1-13(22)12-20-7-9-21(10-8-20)18(24)15-11-17(23)19(2)16-6-4-3-5-14(15)16/h3-6,11,13,22H,7-10,12H2,1-2H3/t13-/m0/s1. The van der Waals surface area contributed by atoms with Crippen molar-refractivity contribution in [1.29, 1.82) is 0 Å². The molecule has 6 heteroatoms. The fraction of sp³-hybridized carbons (Fsp3) is 0.444. The Labute approximate surface area is 140 Å². The Kier molecular flexibility index (Phi) is 4.69. The quantitative estimate of drug-likeness (QED) is 0.899. The number of amides is 1. The number of piperazine rings is 1. The highest BCUT2D eigenvalue weighted by Crippen LogP contribution is 2.18. The SMILES string of the molecule is C[C@H](O)CN1CCN(C(=O)c2cc(=O)n(C)c3ccccc23)CC1. The van der Waals surface area contributed by atoms with Crippen LogP contribution in [0.15, 0.2) is 35.1 Å². The number of aliphatic hydroxyl groups excluding tert-OH is 1. The fourth-order valence-electron chi connectivity index (χ4n) is 3.27. The summed E-state index contributed by atoms with van der Waals surface area (Å²) in [6, 6.07) is 8.92. The second-order valence-corrected chi connectivity index (χ2v) is 6.41. The first kappa shape index (κ1) is 16.7. The number of hydrogen-bond donors (Lipinski definition) is 1. The molecule has 1 aromatic carbocycles. The molecule has 2 heterocycles. The maximum atomic E-state index is 12.9. The lowest BCUT2D eigenvalue weighted by Crippen LogP contribution is -2.50. The lowest BCUT2D eigenvalue weighted by atomic mass is 10.1. The van der Waals surface area contributed by atoms with Crippen LogP contribution in [0.4, 0.5) is 0 Å². The Morgan fingerprint density at radius 1 is 1.21 bits per heavy atom. The van der Waals surface area contributed by atoms with Gasteiger partial charge in [-0.3, -0.25) is 14.5 Å². The number of carbonyl (C=O) groups is 1. The van der Waals surface area contributed by atoms with Crippen molar-refractivity contribution >= 4 is 16.8 Å². The zero-order valence-electron chi connectivity index (χ0n) is 14.1. The second-order valence-electron chi connectivity index (χ2n) is 6.41. The molecule has 1 aromatic heterocycles. The summed E-state index contributed by atoms with van der Waals surface area (Å²) in [6.45, 7) is 5.07. The zero-order valence-corrected chi connectivity index (χ0v) is 14.1. The number of para-hydroxylation sites is 1. The molecule has 0 bridgehead atoms. The molecule has 128 valence electrons. The summed E-state index contributed by atoms with van der Waals surface area (Å²) in [6.07, 6.45) is -0.367. The first-order chi connectivity index (χ1) is 11.5. The third kappa shape index (κ3) is 3.20. The minimum Gasteiger partial charge on any atom is -0.392 e. The highest BCUT2D eigenvalue weighted by atomic mass is 16.3. The summed E-state index contributed by atoms with van der Waals surface area (Å²) in [4.78, 5) is 29.0. The number of benzene rings is 1. The van der Waals surface area contributed by atoms with E-state index in [9.17, 15) is 14.7 Å². The van der Waals surface area contributed by atoms with Gasteiger partial charge in [0.1, 0.15) is 0 Å². The number of aliphatic hydroxyl groups is 1. The molecule has 0 radical (unpaired) electrons. The van der Waals surface area contributed by atoms with Gasteiger partial charge in [0.05, 0.1) is 17.2 Å². The fourth-order valence-corrected chi connectivity index (χ4v) is 3.27. The highest BCUT2D eigenvalue weighted by molar-refractivity contribution is 6.06. The van der Waals surface area contributed by atoms with Gasteiger partial charge in [-0.2, -0.15) is 0 Å². The lowest BCUT2D eigenvalue weighted by molar-refractivity contribution is 0.0555. The van der Waals surface area contributed by atoms with Crippen molar-refractivity contribution in [2.75, 3.05) is 32.7 Å². The number of aromatic nitrogens is 1. The first-order valence-electron chi connectivity index (χ1n) is 8.26. The van der Waals surface area contributed by atoms with Gasteiger partial charge in [0.25, 0.3) is 11.5 Å². The monoisotopic (exact) mass is 329 g/mol. The number of carbonyl (C=O) groups excluding carboxylic acids is 1.